The summed E-state index contributed by atoms with van der Waals surface area (Å²) in [5, 5.41) is 8.53. The summed E-state index contributed by atoms with van der Waals surface area (Å²) in [6, 6.07) is 7.16. The maximum Gasteiger partial charge on any atom is 0.274 e. The van der Waals surface area contributed by atoms with Crippen molar-refractivity contribution in [2.45, 2.75) is 20.4 Å². The van der Waals surface area contributed by atoms with Gasteiger partial charge in [0.05, 0.1) is 5.39 Å². The van der Waals surface area contributed by atoms with Gasteiger partial charge in [-0.2, -0.15) is 5.10 Å². The van der Waals surface area contributed by atoms with Crippen molar-refractivity contribution in [2.75, 3.05) is 27.2 Å². The van der Waals surface area contributed by atoms with Gasteiger partial charge >= 0.3 is 0 Å². The molecule has 23 heavy (non-hydrogen) atoms. The molecule has 0 unspecified atom stereocenters. The van der Waals surface area contributed by atoms with Crippen molar-refractivity contribution in [1.82, 2.24) is 20.0 Å². The van der Waals surface area contributed by atoms with Gasteiger partial charge in [0, 0.05) is 32.1 Å². The molecule has 1 amide bonds. The van der Waals surface area contributed by atoms with Crippen molar-refractivity contribution in [1.29, 1.82) is 0 Å². The van der Waals surface area contributed by atoms with E-state index in [1.165, 1.54) is 4.68 Å². The fourth-order valence-electron chi connectivity index (χ4n) is 2.42. The number of aromatic nitrogens is 2. The fourth-order valence-corrected chi connectivity index (χ4v) is 2.42. The average molecular weight is 316 g/mol. The lowest BCUT2D eigenvalue weighted by molar-refractivity contribution is 0.0790. The Hall–Kier alpha value is -2.21. The number of nitrogens with zero attached hydrogens (tertiary/aromatic N) is 3. The quantitative estimate of drug-likeness (QED) is 0.873. The van der Waals surface area contributed by atoms with E-state index in [0.29, 0.717) is 36.1 Å². The van der Waals surface area contributed by atoms with E-state index in [2.05, 4.69) is 10.4 Å². The minimum Gasteiger partial charge on any atom is -0.339 e. The van der Waals surface area contributed by atoms with Crippen LogP contribution in [0.2, 0.25) is 0 Å². The minimum absolute atomic E-state index is 0.149. The highest BCUT2D eigenvalue weighted by molar-refractivity contribution is 6.04. The number of likely N-dealkylation sites (N-methyl/N-ethyl adjacent to an activating group) is 2. The first-order chi connectivity index (χ1) is 11.0. The molecule has 0 radical (unpaired) electrons. The number of rotatable bonds is 6. The lowest BCUT2D eigenvalue weighted by Crippen LogP contribution is -2.35. The predicted octanol–water partition coefficient (Wildman–Crippen LogP) is 1.34. The zero-order chi connectivity index (χ0) is 17.0. The van der Waals surface area contributed by atoms with Crippen molar-refractivity contribution in [3.8, 4) is 0 Å². The summed E-state index contributed by atoms with van der Waals surface area (Å²) in [6.45, 7) is 5.80. The van der Waals surface area contributed by atoms with Gasteiger partial charge in [0.1, 0.15) is 0 Å². The number of hydrogen-bond acceptors (Lipinski definition) is 4. The zero-order valence-corrected chi connectivity index (χ0v) is 14.2. The van der Waals surface area contributed by atoms with Gasteiger partial charge in [-0.1, -0.05) is 32.0 Å². The van der Waals surface area contributed by atoms with Gasteiger partial charge in [0.15, 0.2) is 5.69 Å². The first-order valence-corrected chi connectivity index (χ1v) is 7.85. The highest BCUT2D eigenvalue weighted by Gasteiger charge is 2.19. The Kier molecular flexibility index (Phi) is 5.50. The molecule has 2 aromatic rings. The highest BCUT2D eigenvalue weighted by atomic mass is 16.2. The van der Waals surface area contributed by atoms with Crippen molar-refractivity contribution < 1.29 is 4.79 Å². The first-order valence-electron chi connectivity index (χ1n) is 7.85. The SMILES string of the molecule is CNCCN(C)C(=O)c1nn(CC(C)C)c(=O)c2ccccc12. The Morgan fingerprint density at radius 2 is 1.96 bits per heavy atom. The molecule has 0 aliphatic carbocycles. The molecule has 0 aliphatic rings. The third kappa shape index (κ3) is 3.76. The molecule has 0 atom stereocenters. The molecular formula is C17H24N4O2. The van der Waals surface area contributed by atoms with Gasteiger partial charge in [-0.15, -0.1) is 0 Å². The molecule has 0 fully saturated rings. The number of fused-ring (bicyclic) bond motifs is 1. The molecule has 1 heterocycles. The van der Waals surface area contributed by atoms with E-state index in [1.54, 1.807) is 24.1 Å². The Balaban J connectivity index is 2.55. The molecule has 0 saturated heterocycles. The van der Waals surface area contributed by atoms with Crippen molar-refractivity contribution in [3.05, 3.63) is 40.3 Å². The van der Waals surface area contributed by atoms with E-state index in [9.17, 15) is 9.59 Å². The summed E-state index contributed by atoms with van der Waals surface area (Å²) in [4.78, 5) is 26.9. The van der Waals surface area contributed by atoms with Crippen molar-refractivity contribution >= 4 is 16.7 Å². The second kappa shape index (κ2) is 7.37. The van der Waals surface area contributed by atoms with Gasteiger partial charge in [0.25, 0.3) is 11.5 Å². The van der Waals surface area contributed by atoms with Crippen LogP contribution in [0.15, 0.2) is 29.1 Å². The number of carbonyl (C=O) groups excluding carboxylic acids is 1. The molecule has 124 valence electrons. The molecule has 0 aliphatic heterocycles. The first kappa shape index (κ1) is 17.1. The Morgan fingerprint density at radius 1 is 1.30 bits per heavy atom. The lowest BCUT2D eigenvalue weighted by Gasteiger charge is -2.18. The van der Waals surface area contributed by atoms with Crippen LogP contribution in [0.3, 0.4) is 0 Å². The van der Waals surface area contributed by atoms with Gasteiger partial charge < -0.3 is 10.2 Å². The zero-order valence-electron chi connectivity index (χ0n) is 14.2. The van der Waals surface area contributed by atoms with Crippen LogP contribution in [0.25, 0.3) is 10.8 Å². The van der Waals surface area contributed by atoms with Crippen molar-refractivity contribution in [3.63, 3.8) is 0 Å². The summed E-state index contributed by atoms with van der Waals surface area (Å²) in [5.74, 6) is 0.0975. The number of carbonyl (C=O) groups is 1. The molecule has 6 heteroatoms. The molecule has 2 rings (SSSR count). The van der Waals surface area contributed by atoms with E-state index in [-0.39, 0.29) is 17.4 Å². The van der Waals surface area contributed by atoms with Gasteiger partial charge in [-0.25, -0.2) is 4.68 Å². The van der Waals surface area contributed by atoms with Crippen molar-refractivity contribution in [2.24, 2.45) is 5.92 Å². The van der Waals surface area contributed by atoms with Crippen LogP contribution >= 0.6 is 0 Å². The minimum atomic E-state index is -0.172. The largest absolute Gasteiger partial charge is 0.339 e. The molecule has 0 bridgehead atoms. The monoisotopic (exact) mass is 316 g/mol. The van der Waals surface area contributed by atoms with E-state index >= 15 is 0 Å². The van der Waals surface area contributed by atoms with Crippen LogP contribution in [-0.4, -0.2) is 47.8 Å². The standard InChI is InChI=1S/C17H24N4O2/c1-12(2)11-21-16(22)14-8-6-5-7-13(14)15(19-21)17(23)20(4)10-9-18-3/h5-8,12,18H,9-11H2,1-4H3. The lowest BCUT2D eigenvalue weighted by atomic mass is 10.1. The third-order valence-electron chi connectivity index (χ3n) is 3.65. The van der Waals surface area contributed by atoms with Gasteiger partial charge in [-0.05, 0) is 19.0 Å². The van der Waals surface area contributed by atoms with E-state index in [4.69, 9.17) is 0 Å². The van der Waals surface area contributed by atoms with Crippen LogP contribution in [0.4, 0.5) is 0 Å². The summed E-state index contributed by atoms with van der Waals surface area (Å²) in [6.07, 6.45) is 0. The summed E-state index contributed by atoms with van der Waals surface area (Å²) in [5.41, 5.74) is 0.184. The second-order valence-corrected chi connectivity index (χ2v) is 6.11. The molecule has 1 aromatic heterocycles. The number of hydrogen-bond donors (Lipinski definition) is 1. The van der Waals surface area contributed by atoms with E-state index < -0.39 is 0 Å². The Bertz CT molecular complexity index is 752. The summed E-state index contributed by atoms with van der Waals surface area (Å²) in [7, 11) is 3.59. The highest BCUT2D eigenvalue weighted by Crippen LogP contribution is 2.15. The summed E-state index contributed by atoms with van der Waals surface area (Å²) >= 11 is 0. The molecule has 1 aromatic carbocycles. The van der Waals surface area contributed by atoms with E-state index in [1.807, 2.05) is 33.0 Å². The maximum atomic E-state index is 12.7. The summed E-state index contributed by atoms with van der Waals surface area (Å²) < 4.78 is 1.41. The topological polar surface area (TPSA) is 67.2 Å². The molecule has 0 saturated carbocycles. The number of amides is 1. The van der Waals surface area contributed by atoms with Crippen LogP contribution in [-0.2, 0) is 6.54 Å². The van der Waals surface area contributed by atoms with Crippen LogP contribution < -0.4 is 10.9 Å². The number of benzene rings is 1. The third-order valence-corrected chi connectivity index (χ3v) is 3.65. The van der Waals surface area contributed by atoms with Gasteiger partial charge in [-0.3, -0.25) is 9.59 Å². The fraction of sp³-hybridized carbons (Fsp3) is 0.471. The Labute approximate surface area is 136 Å². The smallest absolute Gasteiger partial charge is 0.274 e. The molecular weight excluding hydrogens is 292 g/mol. The van der Waals surface area contributed by atoms with Gasteiger partial charge in [0.2, 0.25) is 0 Å². The average Bonchev–Trinajstić information content (AvgIpc) is 2.54. The van der Waals surface area contributed by atoms with E-state index in [0.717, 1.165) is 0 Å². The van der Waals surface area contributed by atoms with Crippen LogP contribution in [0.5, 0.6) is 0 Å². The maximum absolute atomic E-state index is 12.7. The predicted molar refractivity (Wildman–Crippen MR) is 91.7 cm³/mol. The molecule has 1 N–H and O–H groups in total. The Morgan fingerprint density at radius 3 is 2.57 bits per heavy atom. The second-order valence-electron chi connectivity index (χ2n) is 6.11. The van der Waals surface area contributed by atoms with Crippen LogP contribution in [0.1, 0.15) is 24.3 Å². The molecule has 6 nitrogen and oxygen atoms in total. The molecule has 0 spiro atoms. The van der Waals surface area contributed by atoms with Crippen LogP contribution in [0, 0.1) is 5.92 Å². The normalized spacial score (nSPS) is 11.2. The number of nitrogens with one attached hydrogen (secondary N) is 1.